The molecule has 0 unspecified atom stereocenters. The van der Waals surface area contributed by atoms with Crippen molar-refractivity contribution in [2.45, 2.75) is 20.0 Å². The second-order valence-electron chi connectivity index (χ2n) is 8.00. The van der Waals surface area contributed by atoms with Crippen LogP contribution in [0.1, 0.15) is 32.7 Å². The highest BCUT2D eigenvalue weighted by Crippen LogP contribution is 2.43. The zero-order valence-corrected chi connectivity index (χ0v) is 18.8. The molecular formula is C26H24N2O5. The number of fused-ring (bicyclic) bond motifs is 2. The van der Waals surface area contributed by atoms with Gasteiger partial charge in [0, 0.05) is 42.0 Å². The first-order valence-corrected chi connectivity index (χ1v) is 10.6. The molecular weight excluding hydrogens is 420 g/mol. The number of pyridine rings is 1. The number of ether oxygens (including phenoxy) is 4. The molecule has 2 aromatic carbocycles. The maximum Gasteiger partial charge on any atom is 0.231 e. The first-order chi connectivity index (χ1) is 16.1. The Labute approximate surface area is 192 Å². The molecule has 0 bridgehead atoms. The standard InChI is InChI=1S/C26H24N2O5/c1-16-25-18(13-28(15-32-25)14-19-6-4-5-9-27-19)10-21-24(29)23(33-26(16)21)11-17-7-8-20(30-2)12-22(17)31-3/h4-12H,13-15H2,1-3H3. The summed E-state index contributed by atoms with van der Waals surface area (Å²) in [5.41, 5.74) is 4.05. The largest absolute Gasteiger partial charge is 0.497 e. The Morgan fingerprint density at radius 2 is 2.00 bits per heavy atom. The quantitative estimate of drug-likeness (QED) is 0.541. The smallest absolute Gasteiger partial charge is 0.231 e. The van der Waals surface area contributed by atoms with E-state index < -0.39 is 0 Å². The number of ketones is 1. The van der Waals surface area contributed by atoms with E-state index >= 15 is 0 Å². The molecule has 0 spiro atoms. The van der Waals surface area contributed by atoms with E-state index in [-0.39, 0.29) is 11.5 Å². The first-order valence-electron chi connectivity index (χ1n) is 10.6. The molecule has 0 atom stereocenters. The minimum Gasteiger partial charge on any atom is -0.497 e. The fourth-order valence-electron chi connectivity index (χ4n) is 4.20. The van der Waals surface area contributed by atoms with Gasteiger partial charge in [-0.25, -0.2) is 0 Å². The van der Waals surface area contributed by atoms with Crippen molar-refractivity contribution in [1.29, 1.82) is 0 Å². The summed E-state index contributed by atoms with van der Waals surface area (Å²) in [6.45, 7) is 3.71. The third-order valence-corrected chi connectivity index (χ3v) is 5.84. The van der Waals surface area contributed by atoms with Crippen molar-refractivity contribution < 1.29 is 23.7 Å². The third kappa shape index (κ3) is 3.91. The summed E-state index contributed by atoms with van der Waals surface area (Å²) < 4.78 is 22.8. The molecule has 1 aromatic heterocycles. The van der Waals surface area contributed by atoms with E-state index in [2.05, 4.69) is 9.88 Å². The molecule has 7 nitrogen and oxygen atoms in total. The molecule has 7 heteroatoms. The molecule has 0 amide bonds. The highest BCUT2D eigenvalue weighted by atomic mass is 16.5. The van der Waals surface area contributed by atoms with E-state index in [1.165, 1.54) is 0 Å². The van der Waals surface area contributed by atoms with Gasteiger partial charge >= 0.3 is 0 Å². The van der Waals surface area contributed by atoms with Crippen molar-refractivity contribution >= 4 is 11.9 Å². The van der Waals surface area contributed by atoms with Crippen molar-refractivity contribution in [3.05, 3.63) is 82.4 Å². The number of aromatic nitrogens is 1. The topological polar surface area (TPSA) is 70.1 Å². The maximum atomic E-state index is 13.2. The minimum atomic E-state index is -0.157. The number of allylic oxidation sites excluding steroid dienone is 1. The van der Waals surface area contributed by atoms with Gasteiger partial charge in [-0.15, -0.1) is 0 Å². The van der Waals surface area contributed by atoms with Crippen molar-refractivity contribution in [1.82, 2.24) is 9.88 Å². The summed E-state index contributed by atoms with van der Waals surface area (Å²) in [7, 11) is 3.17. The number of Topliss-reactive ketones (excluding diaryl/α,β-unsaturated/α-hetero) is 1. The molecule has 168 valence electrons. The average Bonchev–Trinajstić information content (AvgIpc) is 3.15. The molecule has 2 aliphatic rings. The van der Waals surface area contributed by atoms with E-state index in [1.807, 2.05) is 43.3 Å². The highest BCUT2D eigenvalue weighted by Gasteiger charge is 2.33. The van der Waals surface area contributed by atoms with Gasteiger partial charge in [0.05, 0.1) is 25.5 Å². The van der Waals surface area contributed by atoms with Gasteiger partial charge in [-0.2, -0.15) is 0 Å². The van der Waals surface area contributed by atoms with Crippen LogP contribution in [0, 0.1) is 6.92 Å². The highest BCUT2D eigenvalue weighted by molar-refractivity contribution is 6.15. The Hall–Kier alpha value is -3.84. The van der Waals surface area contributed by atoms with Crippen molar-refractivity contribution in [3.63, 3.8) is 0 Å². The number of carbonyl (C=O) groups is 1. The van der Waals surface area contributed by atoms with Gasteiger partial charge in [-0.1, -0.05) is 6.07 Å². The first kappa shape index (κ1) is 21.0. The SMILES string of the molecule is COc1ccc(C=C2Oc3c(cc4c(c3C)OCN(Cc3ccccn3)C4)C2=O)c(OC)c1. The summed E-state index contributed by atoms with van der Waals surface area (Å²) in [6, 6.07) is 13.2. The molecule has 3 aromatic rings. The van der Waals surface area contributed by atoms with Crippen LogP contribution in [0.15, 0.2) is 54.4 Å². The van der Waals surface area contributed by atoms with E-state index in [0.717, 1.165) is 28.1 Å². The van der Waals surface area contributed by atoms with E-state index in [9.17, 15) is 4.79 Å². The summed E-state index contributed by atoms with van der Waals surface area (Å²) in [5, 5.41) is 0. The maximum absolute atomic E-state index is 13.2. The summed E-state index contributed by atoms with van der Waals surface area (Å²) in [4.78, 5) is 19.8. The lowest BCUT2D eigenvalue weighted by molar-refractivity contribution is 0.0865. The molecule has 0 N–H and O–H groups in total. The molecule has 3 heterocycles. The predicted molar refractivity (Wildman–Crippen MR) is 123 cm³/mol. The second-order valence-corrected chi connectivity index (χ2v) is 8.00. The number of carbonyl (C=O) groups excluding carboxylic acids is 1. The van der Waals surface area contributed by atoms with Gasteiger partial charge < -0.3 is 18.9 Å². The Balaban J connectivity index is 1.43. The second kappa shape index (κ2) is 8.60. The molecule has 0 fully saturated rings. The summed E-state index contributed by atoms with van der Waals surface area (Å²) >= 11 is 0. The van der Waals surface area contributed by atoms with Crippen molar-refractivity contribution in [3.8, 4) is 23.0 Å². The Bertz CT molecular complexity index is 1250. The molecule has 5 rings (SSSR count). The van der Waals surface area contributed by atoms with Crippen LogP contribution in [0.25, 0.3) is 6.08 Å². The van der Waals surface area contributed by atoms with E-state index in [4.69, 9.17) is 18.9 Å². The zero-order valence-electron chi connectivity index (χ0n) is 18.8. The lowest BCUT2D eigenvalue weighted by Crippen LogP contribution is -2.32. The number of benzene rings is 2. The third-order valence-electron chi connectivity index (χ3n) is 5.84. The van der Waals surface area contributed by atoms with Gasteiger partial charge in [0.2, 0.25) is 5.78 Å². The van der Waals surface area contributed by atoms with Gasteiger partial charge in [0.25, 0.3) is 0 Å². The molecule has 33 heavy (non-hydrogen) atoms. The number of hydrogen-bond donors (Lipinski definition) is 0. The fourth-order valence-corrected chi connectivity index (χ4v) is 4.20. The van der Waals surface area contributed by atoms with E-state index in [0.29, 0.717) is 42.6 Å². The number of hydrogen-bond acceptors (Lipinski definition) is 7. The Morgan fingerprint density at radius 1 is 1.12 bits per heavy atom. The normalized spacial score (nSPS) is 16.1. The van der Waals surface area contributed by atoms with Crippen LogP contribution in [-0.2, 0) is 13.1 Å². The molecule has 0 aliphatic carbocycles. The zero-order chi connectivity index (χ0) is 22.9. The lowest BCUT2D eigenvalue weighted by atomic mass is 10.00. The average molecular weight is 444 g/mol. The minimum absolute atomic E-state index is 0.157. The van der Waals surface area contributed by atoms with Gasteiger partial charge in [-0.05, 0) is 43.3 Å². The molecule has 0 saturated carbocycles. The summed E-state index contributed by atoms with van der Waals surface area (Å²) in [6.07, 6.45) is 3.49. The monoisotopic (exact) mass is 444 g/mol. The predicted octanol–water partition coefficient (Wildman–Crippen LogP) is 4.38. The number of nitrogens with zero attached hydrogens (tertiary/aromatic N) is 2. The van der Waals surface area contributed by atoms with Crippen molar-refractivity contribution in [2.24, 2.45) is 0 Å². The number of methoxy groups -OCH3 is 2. The van der Waals surface area contributed by atoms with Crippen molar-refractivity contribution in [2.75, 3.05) is 21.0 Å². The van der Waals surface area contributed by atoms with Crippen LogP contribution in [0.3, 0.4) is 0 Å². The molecule has 0 radical (unpaired) electrons. The molecule has 0 saturated heterocycles. The molecule has 2 aliphatic heterocycles. The van der Waals surface area contributed by atoms with E-state index in [1.54, 1.807) is 32.6 Å². The Kier molecular flexibility index (Phi) is 5.48. The van der Waals surface area contributed by atoms with Crippen LogP contribution in [0.2, 0.25) is 0 Å². The number of rotatable bonds is 5. The van der Waals surface area contributed by atoms with Crippen LogP contribution in [-0.4, -0.2) is 36.6 Å². The van der Waals surface area contributed by atoms with Gasteiger partial charge in [-0.3, -0.25) is 14.7 Å². The fraction of sp³-hybridized carbons (Fsp3) is 0.231. The Morgan fingerprint density at radius 3 is 2.76 bits per heavy atom. The van der Waals surface area contributed by atoms with Gasteiger partial charge in [0.1, 0.15) is 29.7 Å². The van der Waals surface area contributed by atoms with Crippen LogP contribution >= 0.6 is 0 Å². The van der Waals surface area contributed by atoms with Crippen LogP contribution in [0.4, 0.5) is 0 Å². The lowest BCUT2D eigenvalue weighted by Gasteiger charge is -2.30. The van der Waals surface area contributed by atoms with Gasteiger partial charge in [0.15, 0.2) is 5.76 Å². The summed E-state index contributed by atoms with van der Waals surface area (Å²) in [5.74, 6) is 2.70. The van der Waals surface area contributed by atoms with Crippen LogP contribution < -0.4 is 18.9 Å². The van der Waals surface area contributed by atoms with Crippen LogP contribution in [0.5, 0.6) is 23.0 Å².